The summed E-state index contributed by atoms with van der Waals surface area (Å²) in [6, 6.07) is 10.5. The van der Waals surface area contributed by atoms with Crippen molar-refractivity contribution in [1.29, 1.82) is 0 Å². The van der Waals surface area contributed by atoms with Crippen LogP contribution in [-0.4, -0.2) is 58.6 Å². The molecule has 0 radical (unpaired) electrons. The molecule has 5 nitrogen and oxygen atoms in total. The molecule has 130 valence electrons. The molecule has 1 atom stereocenters. The minimum Gasteiger partial charge on any atom is -0.329 e. The lowest BCUT2D eigenvalue weighted by molar-refractivity contribution is 0.0989. The van der Waals surface area contributed by atoms with Crippen LogP contribution in [0.5, 0.6) is 0 Å². The third-order valence-corrected chi connectivity index (χ3v) is 5.54. The Hall–Kier alpha value is -1.21. The first-order chi connectivity index (χ1) is 11.7. The van der Waals surface area contributed by atoms with Crippen molar-refractivity contribution < 1.29 is 0 Å². The Balaban J connectivity index is 1.89. The van der Waals surface area contributed by atoms with Crippen molar-refractivity contribution in [3.05, 3.63) is 40.6 Å². The van der Waals surface area contributed by atoms with Crippen LogP contribution in [0.2, 0.25) is 0 Å². The molecular formula is C18H26BrN5. The largest absolute Gasteiger partial charge is 0.329 e. The van der Waals surface area contributed by atoms with Crippen LogP contribution in [-0.2, 0) is 7.05 Å². The number of nitrogens with two attached hydrogens (primary N) is 1. The van der Waals surface area contributed by atoms with E-state index in [1.165, 1.54) is 5.69 Å². The van der Waals surface area contributed by atoms with Gasteiger partial charge in [0.2, 0.25) is 0 Å². The van der Waals surface area contributed by atoms with Crippen LogP contribution >= 0.6 is 15.9 Å². The maximum atomic E-state index is 6.17. The van der Waals surface area contributed by atoms with Gasteiger partial charge in [-0.15, -0.1) is 0 Å². The number of hydrogen-bond donors (Lipinski definition) is 1. The van der Waals surface area contributed by atoms with Crippen molar-refractivity contribution in [3.8, 4) is 11.4 Å². The lowest BCUT2D eigenvalue weighted by Crippen LogP contribution is -2.49. The summed E-state index contributed by atoms with van der Waals surface area (Å²) in [6.07, 6.45) is 0. The standard InChI is InChI=1S/C18H26BrN5/c1-3-23-9-11-24(12-10-23)15(13-20)16-17(19)21-18(22(16)2)14-7-5-4-6-8-14/h4-8,15H,3,9-13,20H2,1-2H3. The van der Waals surface area contributed by atoms with Gasteiger partial charge < -0.3 is 15.2 Å². The fourth-order valence-corrected chi connectivity index (χ4v) is 4.21. The van der Waals surface area contributed by atoms with Gasteiger partial charge in [0.05, 0.1) is 11.7 Å². The number of aromatic nitrogens is 2. The summed E-state index contributed by atoms with van der Waals surface area (Å²) < 4.78 is 3.08. The van der Waals surface area contributed by atoms with Crippen LogP contribution in [0.3, 0.4) is 0 Å². The van der Waals surface area contributed by atoms with Crippen LogP contribution < -0.4 is 5.73 Å². The fraction of sp³-hybridized carbons (Fsp3) is 0.500. The summed E-state index contributed by atoms with van der Waals surface area (Å²) >= 11 is 3.67. The maximum Gasteiger partial charge on any atom is 0.141 e. The normalized spacial score (nSPS) is 18.0. The average Bonchev–Trinajstić information content (AvgIpc) is 2.92. The molecule has 2 N–H and O–H groups in total. The van der Waals surface area contributed by atoms with E-state index >= 15 is 0 Å². The van der Waals surface area contributed by atoms with Gasteiger partial charge in [-0.25, -0.2) is 4.98 Å². The average molecular weight is 392 g/mol. The van der Waals surface area contributed by atoms with E-state index in [4.69, 9.17) is 10.7 Å². The number of hydrogen-bond acceptors (Lipinski definition) is 4. The van der Waals surface area contributed by atoms with Gasteiger partial charge in [-0.1, -0.05) is 37.3 Å². The number of piperazine rings is 1. The molecule has 24 heavy (non-hydrogen) atoms. The SMILES string of the molecule is CCN1CCN(C(CN)c2c(Br)nc(-c3ccccc3)n2C)CC1. The van der Waals surface area contributed by atoms with E-state index in [2.05, 4.69) is 56.4 Å². The third-order valence-electron chi connectivity index (χ3n) is 4.96. The highest BCUT2D eigenvalue weighted by molar-refractivity contribution is 9.10. The molecule has 1 aromatic carbocycles. The van der Waals surface area contributed by atoms with E-state index < -0.39 is 0 Å². The van der Waals surface area contributed by atoms with E-state index in [0.29, 0.717) is 6.54 Å². The van der Waals surface area contributed by atoms with Crippen molar-refractivity contribution in [3.63, 3.8) is 0 Å². The smallest absolute Gasteiger partial charge is 0.141 e. The molecule has 0 spiro atoms. The Morgan fingerprint density at radius 3 is 2.42 bits per heavy atom. The molecule has 3 rings (SSSR count). The molecule has 1 aliphatic rings. The van der Waals surface area contributed by atoms with Crippen molar-refractivity contribution in [2.75, 3.05) is 39.3 Å². The monoisotopic (exact) mass is 391 g/mol. The second kappa shape index (κ2) is 7.78. The van der Waals surface area contributed by atoms with Crippen LogP contribution in [0.25, 0.3) is 11.4 Å². The molecule has 1 aromatic heterocycles. The summed E-state index contributed by atoms with van der Waals surface area (Å²) in [5, 5.41) is 0. The topological polar surface area (TPSA) is 50.3 Å². The fourth-order valence-electron chi connectivity index (χ4n) is 3.51. The van der Waals surface area contributed by atoms with Crippen LogP contribution in [0.15, 0.2) is 34.9 Å². The van der Waals surface area contributed by atoms with Crippen LogP contribution in [0.1, 0.15) is 18.7 Å². The van der Waals surface area contributed by atoms with Gasteiger partial charge in [-0.3, -0.25) is 4.90 Å². The zero-order chi connectivity index (χ0) is 17.1. The zero-order valence-electron chi connectivity index (χ0n) is 14.5. The molecule has 0 amide bonds. The summed E-state index contributed by atoms with van der Waals surface area (Å²) in [7, 11) is 2.08. The Morgan fingerprint density at radius 2 is 1.83 bits per heavy atom. The van der Waals surface area contributed by atoms with Crippen molar-refractivity contribution in [2.45, 2.75) is 13.0 Å². The Kier molecular flexibility index (Phi) is 5.71. The Morgan fingerprint density at radius 1 is 1.17 bits per heavy atom. The van der Waals surface area contributed by atoms with E-state index in [-0.39, 0.29) is 6.04 Å². The van der Waals surface area contributed by atoms with Crippen molar-refractivity contribution in [1.82, 2.24) is 19.4 Å². The second-order valence-electron chi connectivity index (χ2n) is 6.26. The van der Waals surface area contributed by atoms with Gasteiger partial charge in [0, 0.05) is 45.3 Å². The number of imidazole rings is 1. The molecule has 1 saturated heterocycles. The predicted octanol–water partition coefficient (Wildman–Crippen LogP) is 2.49. The zero-order valence-corrected chi connectivity index (χ0v) is 16.0. The minimum atomic E-state index is 0.188. The Labute approximate surface area is 152 Å². The summed E-state index contributed by atoms with van der Waals surface area (Å²) in [6.45, 7) is 8.25. The number of nitrogens with zero attached hydrogens (tertiary/aromatic N) is 4. The predicted molar refractivity (Wildman–Crippen MR) is 102 cm³/mol. The number of likely N-dealkylation sites (N-methyl/N-ethyl adjacent to an activating group) is 1. The summed E-state index contributed by atoms with van der Waals surface area (Å²) in [5.74, 6) is 0.975. The van der Waals surface area contributed by atoms with Gasteiger partial charge >= 0.3 is 0 Å². The molecule has 1 aliphatic heterocycles. The van der Waals surface area contributed by atoms with E-state index in [0.717, 1.165) is 48.7 Å². The summed E-state index contributed by atoms with van der Waals surface area (Å²) in [4.78, 5) is 9.73. The quantitative estimate of drug-likeness (QED) is 0.850. The lowest BCUT2D eigenvalue weighted by atomic mass is 10.1. The lowest BCUT2D eigenvalue weighted by Gasteiger charge is -2.38. The molecule has 2 heterocycles. The van der Waals surface area contributed by atoms with E-state index in [1.54, 1.807) is 0 Å². The van der Waals surface area contributed by atoms with E-state index in [9.17, 15) is 0 Å². The van der Waals surface area contributed by atoms with E-state index in [1.807, 2.05) is 18.2 Å². The van der Waals surface area contributed by atoms with Gasteiger partial charge in [-0.2, -0.15) is 0 Å². The maximum absolute atomic E-state index is 6.17. The van der Waals surface area contributed by atoms with Crippen molar-refractivity contribution >= 4 is 15.9 Å². The molecule has 6 heteroatoms. The number of benzene rings is 1. The number of halogens is 1. The molecule has 1 unspecified atom stereocenters. The third kappa shape index (κ3) is 3.42. The van der Waals surface area contributed by atoms with Crippen molar-refractivity contribution in [2.24, 2.45) is 12.8 Å². The second-order valence-corrected chi connectivity index (χ2v) is 7.01. The van der Waals surface area contributed by atoms with Crippen LogP contribution in [0.4, 0.5) is 0 Å². The van der Waals surface area contributed by atoms with Gasteiger partial charge in [0.25, 0.3) is 0 Å². The molecule has 2 aromatic rings. The molecular weight excluding hydrogens is 366 g/mol. The molecule has 0 saturated carbocycles. The highest BCUT2D eigenvalue weighted by Crippen LogP contribution is 2.32. The highest BCUT2D eigenvalue weighted by atomic mass is 79.9. The Bertz CT molecular complexity index is 662. The molecule has 1 fully saturated rings. The number of rotatable bonds is 5. The summed E-state index contributed by atoms with van der Waals surface area (Å²) in [5.41, 5.74) is 8.46. The van der Waals surface area contributed by atoms with Gasteiger partial charge in [-0.05, 0) is 22.5 Å². The van der Waals surface area contributed by atoms with Gasteiger partial charge in [0.1, 0.15) is 10.4 Å². The van der Waals surface area contributed by atoms with Crippen LogP contribution in [0, 0.1) is 0 Å². The molecule has 0 aliphatic carbocycles. The first-order valence-corrected chi connectivity index (χ1v) is 9.39. The molecule has 0 bridgehead atoms. The minimum absolute atomic E-state index is 0.188. The first kappa shape index (κ1) is 17.6. The highest BCUT2D eigenvalue weighted by Gasteiger charge is 2.28. The van der Waals surface area contributed by atoms with Gasteiger partial charge in [0.15, 0.2) is 0 Å². The first-order valence-electron chi connectivity index (χ1n) is 8.59.